The highest BCUT2D eigenvalue weighted by atomic mass is 16.2. The maximum absolute atomic E-state index is 11.5. The van der Waals surface area contributed by atoms with E-state index < -0.39 is 0 Å². The third-order valence-electron chi connectivity index (χ3n) is 2.13. The van der Waals surface area contributed by atoms with Crippen molar-refractivity contribution in [1.82, 2.24) is 9.88 Å². The van der Waals surface area contributed by atoms with E-state index in [0.717, 1.165) is 5.56 Å². The summed E-state index contributed by atoms with van der Waals surface area (Å²) in [6, 6.07) is 13.4. The Balaban J connectivity index is 1.92. The number of amides is 1. The van der Waals surface area contributed by atoms with Crippen LogP contribution in [-0.2, 0) is 6.54 Å². The summed E-state index contributed by atoms with van der Waals surface area (Å²) in [7, 11) is 0. The fourth-order valence-electron chi connectivity index (χ4n) is 1.33. The molecular weight excluding hydrogens is 188 g/mol. The molecule has 0 unspecified atom stereocenters. The van der Waals surface area contributed by atoms with Gasteiger partial charge in [-0.1, -0.05) is 30.3 Å². The van der Waals surface area contributed by atoms with Crippen molar-refractivity contribution in [2.24, 2.45) is 0 Å². The molecule has 1 aromatic carbocycles. The molecule has 0 aliphatic rings. The molecule has 0 atom stereocenters. The van der Waals surface area contributed by atoms with Gasteiger partial charge in [0.05, 0.1) is 0 Å². The molecule has 0 radical (unpaired) electrons. The van der Waals surface area contributed by atoms with Gasteiger partial charge in [-0.25, -0.2) is 4.79 Å². The summed E-state index contributed by atoms with van der Waals surface area (Å²) in [6.07, 6.45) is 3.45. The lowest BCUT2D eigenvalue weighted by Gasteiger charge is -2.05. The van der Waals surface area contributed by atoms with Crippen molar-refractivity contribution >= 4 is 6.03 Å². The standard InChI is InChI=1S/C12H12N2O/c15-12(14-8-4-5-9-14)13-10-11-6-2-1-3-7-11/h1-9H,10H2,(H,13,15). The Bertz CT molecular complexity index is 420. The molecule has 0 saturated carbocycles. The van der Waals surface area contributed by atoms with Gasteiger partial charge in [-0.05, 0) is 17.7 Å². The van der Waals surface area contributed by atoms with E-state index in [2.05, 4.69) is 5.32 Å². The summed E-state index contributed by atoms with van der Waals surface area (Å²) in [5.41, 5.74) is 1.10. The molecular formula is C12H12N2O. The molecule has 1 heterocycles. The van der Waals surface area contributed by atoms with Crippen LogP contribution in [0.4, 0.5) is 4.79 Å². The molecule has 2 rings (SSSR count). The largest absolute Gasteiger partial charge is 0.333 e. The van der Waals surface area contributed by atoms with Crippen LogP contribution in [0.25, 0.3) is 0 Å². The minimum absolute atomic E-state index is 0.108. The zero-order valence-electron chi connectivity index (χ0n) is 8.26. The highest BCUT2D eigenvalue weighted by molar-refractivity contribution is 5.76. The fourth-order valence-corrected chi connectivity index (χ4v) is 1.33. The number of benzene rings is 1. The molecule has 1 aromatic heterocycles. The van der Waals surface area contributed by atoms with Gasteiger partial charge in [0.25, 0.3) is 0 Å². The smallest absolute Gasteiger partial charge is 0.325 e. The van der Waals surface area contributed by atoms with Crippen molar-refractivity contribution in [2.45, 2.75) is 6.54 Å². The third kappa shape index (κ3) is 2.47. The fraction of sp³-hybridized carbons (Fsp3) is 0.0833. The number of nitrogens with zero attached hydrogens (tertiary/aromatic N) is 1. The van der Waals surface area contributed by atoms with Gasteiger partial charge < -0.3 is 5.32 Å². The Morgan fingerprint density at radius 3 is 2.40 bits per heavy atom. The summed E-state index contributed by atoms with van der Waals surface area (Å²) in [5.74, 6) is 0. The number of aromatic nitrogens is 1. The van der Waals surface area contributed by atoms with Gasteiger partial charge in [-0.2, -0.15) is 0 Å². The van der Waals surface area contributed by atoms with E-state index in [-0.39, 0.29) is 6.03 Å². The highest BCUT2D eigenvalue weighted by Gasteiger charge is 2.00. The zero-order chi connectivity index (χ0) is 10.5. The first kappa shape index (κ1) is 9.52. The molecule has 1 amide bonds. The minimum Gasteiger partial charge on any atom is -0.333 e. The van der Waals surface area contributed by atoms with Crippen molar-refractivity contribution in [3.05, 3.63) is 60.4 Å². The molecule has 76 valence electrons. The van der Waals surface area contributed by atoms with Gasteiger partial charge in [0.15, 0.2) is 0 Å². The van der Waals surface area contributed by atoms with Gasteiger partial charge in [0.2, 0.25) is 0 Å². The molecule has 3 nitrogen and oxygen atoms in total. The summed E-state index contributed by atoms with van der Waals surface area (Å²) in [5, 5.41) is 2.83. The summed E-state index contributed by atoms with van der Waals surface area (Å²) < 4.78 is 1.52. The topological polar surface area (TPSA) is 34.0 Å². The van der Waals surface area contributed by atoms with Crippen molar-refractivity contribution in [1.29, 1.82) is 0 Å². The maximum Gasteiger partial charge on any atom is 0.325 e. The number of hydrogen-bond acceptors (Lipinski definition) is 1. The number of nitrogens with one attached hydrogen (secondary N) is 1. The minimum atomic E-state index is -0.108. The van der Waals surface area contributed by atoms with Gasteiger partial charge in [0.1, 0.15) is 0 Å². The molecule has 0 spiro atoms. The van der Waals surface area contributed by atoms with Crippen LogP contribution in [0, 0.1) is 0 Å². The molecule has 3 heteroatoms. The monoisotopic (exact) mass is 200 g/mol. The van der Waals surface area contributed by atoms with Crippen LogP contribution < -0.4 is 5.32 Å². The second-order valence-corrected chi connectivity index (χ2v) is 3.23. The van der Waals surface area contributed by atoms with Crippen LogP contribution in [-0.4, -0.2) is 10.6 Å². The number of rotatable bonds is 2. The van der Waals surface area contributed by atoms with E-state index in [9.17, 15) is 4.79 Å². The molecule has 0 fully saturated rings. The second-order valence-electron chi connectivity index (χ2n) is 3.23. The average Bonchev–Trinajstić information content (AvgIpc) is 2.81. The molecule has 2 aromatic rings. The summed E-state index contributed by atoms with van der Waals surface area (Å²) in [6.45, 7) is 0.553. The van der Waals surface area contributed by atoms with Crippen LogP contribution in [0.3, 0.4) is 0 Å². The van der Waals surface area contributed by atoms with E-state index in [4.69, 9.17) is 0 Å². The molecule has 0 bridgehead atoms. The second kappa shape index (κ2) is 4.46. The van der Waals surface area contributed by atoms with Gasteiger partial charge in [-0.3, -0.25) is 4.57 Å². The van der Waals surface area contributed by atoms with Crippen LogP contribution in [0.5, 0.6) is 0 Å². The Hall–Kier alpha value is -2.03. The van der Waals surface area contributed by atoms with Crippen molar-refractivity contribution < 1.29 is 4.79 Å². The third-order valence-corrected chi connectivity index (χ3v) is 2.13. The average molecular weight is 200 g/mol. The van der Waals surface area contributed by atoms with Crippen LogP contribution in [0.1, 0.15) is 5.56 Å². The highest BCUT2D eigenvalue weighted by Crippen LogP contribution is 1.97. The van der Waals surface area contributed by atoms with Gasteiger partial charge in [0, 0.05) is 18.9 Å². The van der Waals surface area contributed by atoms with E-state index in [1.165, 1.54) is 4.57 Å². The Labute approximate surface area is 88.3 Å². The summed E-state index contributed by atoms with van der Waals surface area (Å²) in [4.78, 5) is 11.5. The first-order valence-corrected chi connectivity index (χ1v) is 4.81. The number of carbonyl (C=O) groups excluding carboxylic acids is 1. The normalized spacial score (nSPS) is 9.87. The van der Waals surface area contributed by atoms with Crippen LogP contribution in [0.2, 0.25) is 0 Å². The van der Waals surface area contributed by atoms with Crippen LogP contribution in [0.15, 0.2) is 54.9 Å². The van der Waals surface area contributed by atoms with Gasteiger partial charge >= 0.3 is 6.03 Å². The molecule has 0 aliphatic carbocycles. The predicted molar refractivity (Wildman–Crippen MR) is 58.5 cm³/mol. The van der Waals surface area contributed by atoms with Crippen molar-refractivity contribution in [3.63, 3.8) is 0 Å². The zero-order valence-corrected chi connectivity index (χ0v) is 8.26. The summed E-state index contributed by atoms with van der Waals surface area (Å²) >= 11 is 0. The molecule has 15 heavy (non-hydrogen) atoms. The van der Waals surface area contributed by atoms with E-state index in [1.807, 2.05) is 42.5 Å². The molecule has 0 aliphatic heterocycles. The number of carbonyl (C=O) groups is 1. The maximum atomic E-state index is 11.5. The Morgan fingerprint density at radius 1 is 1.07 bits per heavy atom. The lowest BCUT2D eigenvalue weighted by atomic mass is 10.2. The number of hydrogen-bond donors (Lipinski definition) is 1. The molecule has 1 N–H and O–H groups in total. The lowest BCUT2D eigenvalue weighted by Crippen LogP contribution is -2.26. The van der Waals surface area contributed by atoms with E-state index in [1.54, 1.807) is 12.4 Å². The van der Waals surface area contributed by atoms with Gasteiger partial charge in [-0.15, -0.1) is 0 Å². The van der Waals surface area contributed by atoms with Crippen LogP contribution >= 0.6 is 0 Å². The molecule has 0 saturated heterocycles. The first-order valence-electron chi connectivity index (χ1n) is 4.81. The Morgan fingerprint density at radius 2 is 1.73 bits per heavy atom. The Kier molecular flexibility index (Phi) is 2.83. The first-order chi connectivity index (χ1) is 7.36. The predicted octanol–water partition coefficient (Wildman–Crippen LogP) is 2.25. The quantitative estimate of drug-likeness (QED) is 0.792. The SMILES string of the molecule is O=C(NCc1ccccc1)n1cccc1. The van der Waals surface area contributed by atoms with Crippen molar-refractivity contribution in [2.75, 3.05) is 0 Å². The van der Waals surface area contributed by atoms with E-state index >= 15 is 0 Å². The lowest BCUT2D eigenvalue weighted by molar-refractivity contribution is 0.242. The van der Waals surface area contributed by atoms with E-state index in [0.29, 0.717) is 6.54 Å². The van der Waals surface area contributed by atoms with Crippen molar-refractivity contribution in [3.8, 4) is 0 Å².